The molecular formula is C12H10FNO4S2. The Morgan fingerprint density at radius 1 is 1.10 bits per heavy atom. The van der Waals surface area contributed by atoms with E-state index in [1.165, 1.54) is 42.5 Å². The van der Waals surface area contributed by atoms with Gasteiger partial charge in [-0.15, -0.1) is 0 Å². The van der Waals surface area contributed by atoms with Crippen molar-refractivity contribution in [1.82, 2.24) is 0 Å². The van der Waals surface area contributed by atoms with E-state index in [0.29, 0.717) is 0 Å². The highest BCUT2D eigenvalue weighted by Crippen LogP contribution is 2.18. The number of benzene rings is 2. The fourth-order valence-electron chi connectivity index (χ4n) is 1.50. The van der Waals surface area contributed by atoms with Gasteiger partial charge in [0.05, 0.1) is 15.5 Å². The van der Waals surface area contributed by atoms with Gasteiger partial charge in [-0.3, -0.25) is 4.72 Å². The van der Waals surface area contributed by atoms with Gasteiger partial charge in [0.15, 0.2) is 11.1 Å². The number of sulfonamides is 1. The van der Waals surface area contributed by atoms with Crippen molar-refractivity contribution in [2.45, 2.75) is 9.79 Å². The molecule has 1 unspecified atom stereocenters. The summed E-state index contributed by atoms with van der Waals surface area (Å²) in [5.41, 5.74) is 0.0970. The van der Waals surface area contributed by atoms with Crippen molar-refractivity contribution in [3.63, 3.8) is 0 Å². The van der Waals surface area contributed by atoms with E-state index in [1.807, 2.05) is 0 Å². The summed E-state index contributed by atoms with van der Waals surface area (Å²) in [6.07, 6.45) is 0. The third-order valence-electron chi connectivity index (χ3n) is 2.41. The zero-order valence-electron chi connectivity index (χ0n) is 9.99. The summed E-state index contributed by atoms with van der Waals surface area (Å²) >= 11 is -2.17. The largest absolute Gasteiger partial charge is 0.302 e. The first-order valence-corrected chi connectivity index (χ1v) is 7.97. The van der Waals surface area contributed by atoms with Crippen molar-refractivity contribution in [3.8, 4) is 0 Å². The van der Waals surface area contributed by atoms with Gasteiger partial charge in [0.2, 0.25) is 0 Å². The molecule has 20 heavy (non-hydrogen) atoms. The molecule has 2 rings (SSSR count). The Balaban J connectivity index is 2.28. The number of anilines is 1. The van der Waals surface area contributed by atoms with Gasteiger partial charge in [0, 0.05) is 0 Å². The van der Waals surface area contributed by atoms with Gasteiger partial charge in [0.1, 0.15) is 5.82 Å². The topological polar surface area (TPSA) is 83.5 Å². The van der Waals surface area contributed by atoms with Crippen LogP contribution in [-0.2, 0) is 21.1 Å². The second kappa shape index (κ2) is 5.70. The molecule has 1 atom stereocenters. The number of hydrogen-bond donors (Lipinski definition) is 2. The maximum Gasteiger partial charge on any atom is 0.261 e. The van der Waals surface area contributed by atoms with E-state index in [2.05, 4.69) is 4.72 Å². The average molecular weight is 315 g/mol. The minimum absolute atomic E-state index is 0.0871. The van der Waals surface area contributed by atoms with Crippen molar-refractivity contribution < 1.29 is 21.6 Å². The molecule has 8 heteroatoms. The Hall–Kier alpha value is -1.77. The molecule has 0 saturated heterocycles. The highest BCUT2D eigenvalue weighted by atomic mass is 32.2. The van der Waals surface area contributed by atoms with Crippen LogP contribution in [0.3, 0.4) is 0 Å². The smallest absolute Gasteiger partial charge is 0.261 e. The summed E-state index contributed by atoms with van der Waals surface area (Å²) in [6.45, 7) is 0. The van der Waals surface area contributed by atoms with E-state index < -0.39 is 26.9 Å². The molecule has 0 heterocycles. The molecule has 0 aliphatic carbocycles. The van der Waals surface area contributed by atoms with Gasteiger partial charge in [-0.2, -0.15) is 0 Å². The van der Waals surface area contributed by atoms with Crippen molar-refractivity contribution >= 4 is 26.8 Å². The van der Waals surface area contributed by atoms with Crippen molar-refractivity contribution in [3.05, 3.63) is 54.3 Å². The normalized spacial score (nSPS) is 12.9. The predicted octanol–water partition coefficient (Wildman–Crippen LogP) is 2.21. The van der Waals surface area contributed by atoms with Gasteiger partial charge in [-0.1, -0.05) is 6.07 Å². The Morgan fingerprint density at radius 2 is 1.75 bits per heavy atom. The first-order chi connectivity index (χ1) is 9.38. The fourth-order valence-corrected chi connectivity index (χ4v) is 2.92. The summed E-state index contributed by atoms with van der Waals surface area (Å²) in [6, 6.07) is 9.91. The zero-order chi connectivity index (χ0) is 14.8. The standard InChI is InChI=1S/C12H10FNO4S2/c13-9-2-1-3-10(8-9)14-20(17,18)12-6-4-11(5-7-12)19(15)16/h1-8,14H,(H,15,16). The molecule has 0 aliphatic heterocycles. The minimum atomic E-state index is -3.87. The van der Waals surface area contributed by atoms with Gasteiger partial charge in [-0.05, 0) is 42.5 Å². The molecule has 2 aromatic carbocycles. The molecule has 0 amide bonds. The molecule has 0 saturated carbocycles. The summed E-state index contributed by atoms with van der Waals surface area (Å²) in [5, 5.41) is 0. The average Bonchev–Trinajstić information content (AvgIpc) is 2.38. The van der Waals surface area contributed by atoms with Crippen LogP contribution < -0.4 is 4.72 Å². The second-order valence-corrected chi connectivity index (χ2v) is 6.49. The Kier molecular flexibility index (Phi) is 4.17. The Bertz CT molecular complexity index is 744. The summed E-state index contributed by atoms with van der Waals surface area (Å²) in [5.74, 6) is -0.559. The van der Waals surface area contributed by atoms with E-state index in [9.17, 15) is 17.0 Å². The lowest BCUT2D eigenvalue weighted by Crippen LogP contribution is -2.13. The third kappa shape index (κ3) is 3.41. The van der Waals surface area contributed by atoms with Gasteiger partial charge >= 0.3 is 0 Å². The maximum absolute atomic E-state index is 13.0. The first kappa shape index (κ1) is 14.6. The Labute approximate surface area is 117 Å². The molecule has 0 radical (unpaired) electrons. The van der Waals surface area contributed by atoms with Crippen molar-refractivity contribution in [2.75, 3.05) is 4.72 Å². The fraction of sp³-hybridized carbons (Fsp3) is 0. The molecule has 0 spiro atoms. The highest BCUT2D eigenvalue weighted by molar-refractivity contribution is 7.92. The molecule has 106 valence electrons. The van der Waals surface area contributed by atoms with E-state index in [4.69, 9.17) is 4.55 Å². The van der Waals surface area contributed by atoms with Gasteiger partial charge in [0.25, 0.3) is 10.0 Å². The maximum atomic E-state index is 13.0. The minimum Gasteiger partial charge on any atom is -0.302 e. The van der Waals surface area contributed by atoms with Crippen LogP contribution in [-0.4, -0.2) is 17.2 Å². The van der Waals surface area contributed by atoms with Crippen LogP contribution in [0.4, 0.5) is 10.1 Å². The summed E-state index contributed by atoms with van der Waals surface area (Å²) in [7, 11) is -3.87. The lowest BCUT2D eigenvalue weighted by atomic mass is 10.3. The molecule has 2 aromatic rings. The van der Waals surface area contributed by atoms with E-state index in [-0.39, 0.29) is 15.5 Å². The molecule has 0 aromatic heterocycles. The number of rotatable bonds is 4. The summed E-state index contributed by atoms with van der Waals surface area (Å²) < 4.78 is 58.9. The van der Waals surface area contributed by atoms with Crippen molar-refractivity contribution in [1.29, 1.82) is 0 Å². The van der Waals surface area contributed by atoms with Crippen LogP contribution in [0, 0.1) is 5.82 Å². The molecule has 5 nitrogen and oxygen atoms in total. The monoisotopic (exact) mass is 315 g/mol. The SMILES string of the molecule is O=S(O)c1ccc(S(=O)(=O)Nc2cccc(F)c2)cc1. The van der Waals surface area contributed by atoms with Crippen molar-refractivity contribution in [2.24, 2.45) is 0 Å². The van der Waals surface area contributed by atoms with Crippen LogP contribution in [0.5, 0.6) is 0 Å². The van der Waals surface area contributed by atoms with E-state index in [1.54, 1.807) is 0 Å². The molecule has 0 bridgehead atoms. The van der Waals surface area contributed by atoms with Crippen LogP contribution >= 0.6 is 0 Å². The summed E-state index contributed by atoms with van der Waals surface area (Å²) in [4.78, 5) is 0.00525. The zero-order valence-corrected chi connectivity index (χ0v) is 11.6. The van der Waals surface area contributed by atoms with E-state index in [0.717, 1.165) is 6.07 Å². The first-order valence-electron chi connectivity index (χ1n) is 5.38. The Morgan fingerprint density at radius 3 is 2.30 bits per heavy atom. The molecule has 0 aliphatic rings. The predicted molar refractivity (Wildman–Crippen MR) is 72.7 cm³/mol. The number of nitrogens with one attached hydrogen (secondary N) is 1. The third-order valence-corrected chi connectivity index (χ3v) is 4.49. The lowest BCUT2D eigenvalue weighted by molar-refractivity contribution is 0.564. The van der Waals surface area contributed by atoms with Crippen LogP contribution in [0.25, 0.3) is 0 Å². The number of hydrogen-bond acceptors (Lipinski definition) is 3. The van der Waals surface area contributed by atoms with Gasteiger partial charge in [-0.25, -0.2) is 17.0 Å². The van der Waals surface area contributed by atoms with E-state index >= 15 is 0 Å². The van der Waals surface area contributed by atoms with Gasteiger partial charge < -0.3 is 4.55 Å². The van der Waals surface area contributed by atoms with Crippen LogP contribution in [0.1, 0.15) is 0 Å². The molecule has 0 fully saturated rings. The lowest BCUT2D eigenvalue weighted by Gasteiger charge is -2.08. The molecule has 2 N–H and O–H groups in total. The quantitative estimate of drug-likeness (QED) is 0.847. The highest BCUT2D eigenvalue weighted by Gasteiger charge is 2.14. The molecular weight excluding hydrogens is 305 g/mol. The van der Waals surface area contributed by atoms with Crippen LogP contribution in [0.15, 0.2) is 58.3 Å². The van der Waals surface area contributed by atoms with Crippen LogP contribution in [0.2, 0.25) is 0 Å². The second-order valence-electron chi connectivity index (χ2n) is 3.84. The number of halogens is 1.